The average molecular weight is 980 g/mol. The number of carbonyl (C=O) groups is 3. The van der Waals surface area contributed by atoms with Gasteiger partial charge < -0.3 is 14.2 Å². The molecule has 0 aromatic rings. The third-order valence-electron chi connectivity index (χ3n) is 11.3. The number of hydrogen-bond donors (Lipinski definition) is 0. The van der Waals surface area contributed by atoms with E-state index in [1.165, 1.54) is 38.5 Å². The molecule has 0 aliphatic heterocycles. The van der Waals surface area contributed by atoms with Crippen LogP contribution in [0.25, 0.3) is 0 Å². The molecule has 0 N–H and O–H groups in total. The fourth-order valence-electron chi connectivity index (χ4n) is 7.16. The first-order chi connectivity index (χ1) is 35.0. The van der Waals surface area contributed by atoms with Crippen molar-refractivity contribution in [1.29, 1.82) is 0 Å². The van der Waals surface area contributed by atoms with Crippen molar-refractivity contribution < 1.29 is 28.6 Å². The zero-order chi connectivity index (χ0) is 51.4. The topological polar surface area (TPSA) is 78.9 Å². The molecule has 0 saturated carbocycles. The molecule has 0 bridgehead atoms. The molecule has 398 valence electrons. The quantitative estimate of drug-likeness (QED) is 0.0262. The van der Waals surface area contributed by atoms with Gasteiger partial charge in [0.2, 0.25) is 0 Å². The molecule has 71 heavy (non-hydrogen) atoms. The molecule has 1 atom stereocenters. The fourth-order valence-corrected chi connectivity index (χ4v) is 7.16. The van der Waals surface area contributed by atoms with Crippen LogP contribution in [0, 0.1) is 0 Å². The number of unbranched alkanes of at least 4 members (excludes halogenated alkanes) is 14. The lowest BCUT2D eigenvalue weighted by Crippen LogP contribution is -2.30. The van der Waals surface area contributed by atoms with Crippen molar-refractivity contribution >= 4 is 17.9 Å². The van der Waals surface area contributed by atoms with Crippen LogP contribution in [0.1, 0.15) is 226 Å². The molecule has 0 aromatic heterocycles. The van der Waals surface area contributed by atoms with Crippen LogP contribution in [0.3, 0.4) is 0 Å². The molecular formula is C65H102O6. The van der Waals surface area contributed by atoms with Crippen LogP contribution in [0.15, 0.2) is 146 Å². The van der Waals surface area contributed by atoms with E-state index in [2.05, 4.69) is 167 Å². The number of esters is 3. The first-order valence-electron chi connectivity index (χ1n) is 28.3. The molecule has 0 saturated heterocycles. The second-order valence-corrected chi connectivity index (χ2v) is 18.1. The lowest BCUT2D eigenvalue weighted by atomic mass is 10.1. The van der Waals surface area contributed by atoms with Gasteiger partial charge in [-0.15, -0.1) is 0 Å². The smallest absolute Gasteiger partial charge is 0.306 e. The standard InChI is InChI=1S/C65H102O6/c1-4-7-10-13-16-19-21-23-25-26-27-28-29-30-31-32-33-34-35-36-37-38-40-41-43-46-49-52-55-58-64(67)70-61-62(60-69-63(66)57-54-51-48-45-18-15-12-9-6-3)71-65(68)59-56-53-50-47-44-42-39-24-22-20-17-14-11-8-5-2/h7-8,10-11,16-17,19-20,23-25,27-28,30-31,33-34,36-37,39-41,46,49,62H,4-6,9,12-15,18,21-22,26,29,32,35,38,42-45,47-48,50-61H2,1-3H3/b10-7-,11-8-,19-16-,20-17-,25-23-,28-27-,31-30-,34-33-,37-36-,39-24-,41-40-,49-46-. The molecular weight excluding hydrogens is 877 g/mol. The predicted molar refractivity (Wildman–Crippen MR) is 306 cm³/mol. The number of allylic oxidation sites excluding steroid dienone is 24. The highest BCUT2D eigenvalue weighted by Crippen LogP contribution is 2.13. The van der Waals surface area contributed by atoms with Crippen LogP contribution in [0.5, 0.6) is 0 Å². The number of carbonyl (C=O) groups excluding carboxylic acids is 3. The molecule has 0 fully saturated rings. The van der Waals surface area contributed by atoms with Crippen molar-refractivity contribution in [3.8, 4) is 0 Å². The zero-order valence-corrected chi connectivity index (χ0v) is 45.4. The summed E-state index contributed by atoms with van der Waals surface area (Å²) < 4.78 is 16.7. The molecule has 6 nitrogen and oxygen atoms in total. The van der Waals surface area contributed by atoms with Crippen LogP contribution in [0.2, 0.25) is 0 Å². The van der Waals surface area contributed by atoms with Crippen LogP contribution >= 0.6 is 0 Å². The second kappa shape index (κ2) is 57.9. The van der Waals surface area contributed by atoms with E-state index in [9.17, 15) is 14.4 Å². The van der Waals surface area contributed by atoms with E-state index >= 15 is 0 Å². The average Bonchev–Trinajstić information content (AvgIpc) is 3.37. The highest BCUT2D eigenvalue weighted by Gasteiger charge is 2.19. The van der Waals surface area contributed by atoms with Gasteiger partial charge in [-0.3, -0.25) is 14.4 Å². The Balaban J connectivity index is 4.39. The summed E-state index contributed by atoms with van der Waals surface area (Å²) in [7, 11) is 0. The Labute approximate surface area is 436 Å². The predicted octanol–water partition coefficient (Wildman–Crippen LogP) is 19.2. The maximum absolute atomic E-state index is 12.8. The number of hydrogen-bond acceptors (Lipinski definition) is 6. The Bertz CT molecular complexity index is 1590. The fraction of sp³-hybridized carbons (Fsp3) is 0.585. The third kappa shape index (κ3) is 56.1. The molecule has 0 aromatic carbocycles. The highest BCUT2D eigenvalue weighted by atomic mass is 16.6. The van der Waals surface area contributed by atoms with E-state index in [-0.39, 0.29) is 37.5 Å². The van der Waals surface area contributed by atoms with Crippen LogP contribution < -0.4 is 0 Å². The maximum atomic E-state index is 12.8. The molecule has 0 radical (unpaired) electrons. The van der Waals surface area contributed by atoms with E-state index in [4.69, 9.17) is 14.2 Å². The van der Waals surface area contributed by atoms with E-state index in [0.29, 0.717) is 19.3 Å². The monoisotopic (exact) mass is 979 g/mol. The first-order valence-corrected chi connectivity index (χ1v) is 28.3. The van der Waals surface area contributed by atoms with Gasteiger partial charge in [0, 0.05) is 19.3 Å². The molecule has 1 unspecified atom stereocenters. The van der Waals surface area contributed by atoms with Crippen LogP contribution in [-0.4, -0.2) is 37.2 Å². The summed E-state index contributed by atoms with van der Waals surface area (Å²) in [4.78, 5) is 38.0. The molecule has 0 heterocycles. The lowest BCUT2D eigenvalue weighted by Gasteiger charge is -2.18. The first kappa shape index (κ1) is 66.3. The third-order valence-corrected chi connectivity index (χ3v) is 11.3. The van der Waals surface area contributed by atoms with E-state index in [1.54, 1.807) is 0 Å². The van der Waals surface area contributed by atoms with Crippen molar-refractivity contribution in [2.75, 3.05) is 13.2 Å². The van der Waals surface area contributed by atoms with Crippen molar-refractivity contribution in [3.63, 3.8) is 0 Å². The summed E-state index contributed by atoms with van der Waals surface area (Å²) in [5.74, 6) is -0.998. The van der Waals surface area contributed by atoms with Gasteiger partial charge in [0.15, 0.2) is 6.10 Å². The summed E-state index contributed by atoms with van der Waals surface area (Å²) in [6, 6.07) is 0. The molecule has 0 spiro atoms. The Morgan fingerprint density at radius 2 is 0.563 bits per heavy atom. The summed E-state index contributed by atoms with van der Waals surface area (Å²) in [5.41, 5.74) is 0. The van der Waals surface area contributed by atoms with Gasteiger partial charge in [-0.05, 0) is 116 Å². The van der Waals surface area contributed by atoms with Crippen molar-refractivity contribution in [1.82, 2.24) is 0 Å². The minimum absolute atomic E-state index is 0.107. The highest BCUT2D eigenvalue weighted by molar-refractivity contribution is 5.71. The van der Waals surface area contributed by atoms with Gasteiger partial charge in [-0.25, -0.2) is 0 Å². The largest absolute Gasteiger partial charge is 0.462 e. The van der Waals surface area contributed by atoms with E-state index < -0.39 is 6.10 Å². The molecule has 0 aliphatic rings. The number of rotatable bonds is 49. The molecule has 0 aliphatic carbocycles. The Morgan fingerprint density at radius 1 is 0.296 bits per heavy atom. The summed E-state index contributed by atoms with van der Waals surface area (Å²) >= 11 is 0. The minimum Gasteiger partial charge on any atom is -0.462 e. The van der Waals surface area contributed by atoms with Crippen LogP contribution in [-0.2, 0) is 28.6 Å². The van der Waals surface area contributed by atoms with E-state index in [0.717, 1.165) is 141 Å². The van der Waals surface area contributed by atoms with Gasteiger partial charge in [0.25, 0.3) is 0 Å². The lowest BCUT2D eigenvalue weighted by molar-refractivity contribution is -0.167. The summed E-state index contributed by atoms with van der Waals surface area (Å²) in [6.45, 7) is 6.31. The van der Waals surface area contributed by atoms with Crippen molar-refractivity contribution in [3.05, 3.63) is 146 Å². The van der Waals surface area contributed by atoms with Gasteiger partial charge in [-0.2, -0.15) is 0 Å². The summed E-state index contributed by atoms with van der Waals surface area (Å²) in [5, 5.41) is 0. The minimum atomic E-state index is -0.814. The maximum Gasteiger partial charge on any atom is 0.306 e. The number of ether oxygens (including phenoxy) is 3. The Kier molecular flexibility index (Phi) is 54.0. The SMILES string of the molecule is CC/C=C\C/C=C\C/C=C\C/C=C\C/C=C\C/C=C\C/C=C\C/C=C\C/C=C\CCCC(=O)OCC(COC(=O)CCCCCCCCCCC)OC(=O)CCCCCCC/C=C\C/C=C\C/C=C\CC. The second-order valence-electron chi connectivity index (χ2n) is 18.1. The van der Waals surface area contributed by atoms with Gasteiger partial charge in [0.1, 0.15) is 13.2 Å². The Hall–Kier alpha value is -4.71. The zero-order valence-electron chi connectivity index (χ0n) is 45.4. The van der Waals surface area contributed by atoms with Gasteiger partial charge >= 0.3 is 17.9 Å². The molecule has 0 rings (SSSR count). The van der Waals surface area contributed by atoms with Crippen molar-refractivity contribution in [2.24, 2.45) is 0 Å². The van der Waals surface area contributed by atoms with E-state index in [1.807, 2.05) is 0 Å². The van der Waals surface area contributed by atoms with Crippen molar-refractivity contribution in [2.45, 2.75) is 232 Å². The van der Waals surface area contributed by atoms with Crippen LogP contribution in [0.4, 0.5) is 0 Å². The Morgan fingerprint density at radius 3 is 0.915 bits per heavy atom. The molecule has 0 amide bonds. The van der Waals surface area contributed by atoms with Gasteiger partial charge in [-0.1, -0.05) is 237 Å². The summed E-state index contributed by atoms with van der Waals surface area (Å²) in [6.07, 6.45) is 82.8. The normalized spacial score (nSPS) is 13.2. The van der Waals surface area contributed by atoms with Gasteiger partial charge in [0.05, 0.1) is 0 Å². The molecule has 6 heteroatoms.